The Morgan fingerprint density at radius 3 is 2.26 bits per heavy atom. The zero-order valence-electron chi connectivity index (χ0n) is 22.2. The summed E-state index contributed by atoms with van der Waals surface area (Å²) in [6.45, 7) is 7.63. The zero-order valence-corrected chi connectivity index (χ0v) is 23.1. The number of carbonyl (C=O) groups excluding carboxylic acids is 3. The van der Waals surface area contributed by atoms with Gasteiger partial charge in [-0.3, -0.25) is 4.79 Å². The first-order valence-corrected chi connectivity index (χ1v) is 13.3. The van der Waals surface area contributed by atoms with E-state index in [1.54, 1.807) is 37.8 Å². The lowest BCUT2D eigenvalue weighted by atomic mass is 10.0. The minimum absolute atomic E-state index is 0. The molecule has 1 aliphatic rings. The number of methoxy groups -OCH3 is 1. The summed E-state index contributed by atoms with van der Waals surface area (Å²) in [6, 6.07) is 20.7. The van der Waals surface area contributed by atoms with E-state index in [1.807, 2.05) is 30.3 Å². The van der Waals surface area contributed by atoms with Gasteiger partial charge in [0.25, 0.3) is 5.91 Å². The van der Waals surface area contributed by atoms with Gasteiger partial charge in [0.1, 0.15) is 11.6 Å². The number of hydrogen-bond acceptors (Lipinski definition) is 6. The van der Waals surface area contributed by atoms with E-state index in [-0.39, 0.29) is 13.9 Å². The molecule has 1 aliphatic heterocycles. The number of aryl methyl sites for hydroxylation is 1. The van der Waals surface area contributed by atoms with Gasteiger partial charge in [0, 0.05) is 12.1 Å². The molecule has 200 valence electrons. The van der Waals surface area contributed by atoms with Crippen LogP contribution in [-0.4, -0.2) is 42.5 Å². The monoisotopic (exact) mass is 534 g/mol. The van der Waals surface area contributed by atoms with Gasteiger partial charge in [0.2, 0.25) is 0 Å². The number of anilines is 1. The topological polar surface area (TPSA) is 84.9 Å². The average molecular weight is 535 g/mol. The molecule has 4 rings (SSSR count). The van der Waals surface area contributed by atoms with Gasteiger partial charge in [0.15, 0.2) is 0 Å². The summed E-state index contributed by atoms with van der Waals surface area (Å²) in [6.07, 6.45) is -0.653. The number of rotatable bonds is 5. The Labute approximate surface area is 229 Å². The van der Waals surface area contributed by atoms with E-state index < -0.39 is 23.7 Å². The van der Waals surface area contributed by atoms with Crippen LogP contribution in [0, 0.1) is 6.92 Å². The first kappa shape index (κ1) is 27.3. The molecule has 0 bridgehead atoms. The molecule has 38 heavy (non-hydrogen) atoms. The maximum Gasteiger partial charge on any atom is 0.408 e. The van der Waals surface area contributed by atoms with Crippen molar-refractivity contribution in [2.24, 2.45) is 0 Å². The van der Waals surface area contributed by atoms with Crippen LogP contribution < -0.4 is 10.2 Å². The Morgan fingerprint density at radius 2 is 1.66 bits per heavy atom. The van der Waals surface area contributed by atoms with Gasteiger partial charge in [-0.25, -0.2) is 9.59 Å². The van der Waals surface area contributed by atoms with Crippen LogP contribution in [0.1, 0.15) is 43.7 Å². The second-order valence-electron chi connectivity index (χ2n) is 10.2. The molecule has 0 radical (unpaired) electrons. The molecule has 2 amide bonds. The number of benzene rings is 3. The molecule has 0 saturated carbocycles. The van der Waals surface area contributed by atoms with Crippen LogP contribution in [0.25, 0.3) is 11.1 Å². The van der Waals surface area contributed by atoms with Crippen molar-refractivity contribution >= 4 is 35.4 Å². The van der Waals surface area contributed by atoms with E-state index in [0.29, 0.717) is 17.0 Å². The smallest absolute Gasteiger partial charge is 0.408 e. The predicted octanol–water partition coefficient (Wildman–Crippen LogP) is 6.23. The van der Waals surface area contributed by atoms with Gasteiger partial charge in [-0.1, -0.05) is 54.1 Å². The fourth-order valence-electron chi connectivity index (χ4n) is 4.09. The van der Waals surface area contributed by atoms with Crippen LogP contribution in [0.5, 0.6) is 0 Å². The average Bonchev–Trinajstić information content (AvgIpc) is 3.00. The molecule has 1 N–H and O–H groups in total. The number of thioether (sulfide) groups is 1. The second-order valence-corrected chi connectivity index (χ2v) is 11.2. The molecule has 0 saturated heterocycles. The molecule has 8 heteroatoms. The van der Waals surface area contributed by atoms with Gasteiger partial charge in [0.05, 0.1) is 24.9 Å². The number of amides is 2. The largest absolute Gasteiger partial charge is 0.465 e. The van der Waals surface area contributed by atoms with E-state index in [2.05, 4.69) is 36.5 Å². The van der Waals surface area contributed by atoms with Crippen LogP contribution in [0.4, 0.5) is 10.5 Å². The third-order valence-electron chi connectivity index (χ3n) is 6.01. The highest BCUT2D eigenvalue weighted by atomic mass is 32.2. The van der Waals surface area contributed by atoms with Crippen molar-refractivity contribution in [3.63, 3.8) is 0 Å². The number of fused-ring (bicyclic) bond motifs is 1. The van der Waals surface area contributed by atoms with Gasteiger partial charge in [-0.2, -0.15) is 0 Å². The molecule has 0 fully saturated rings. The molecule has 1 heterocycles. The van der Waals surface area contributed by atoms with Gasteiger partial charge >= 0.3 is 12.1 Å². The van der Waals surface area contributed by atoms with E-state index >= 15 is 0 Å². The van der Waals surface area contributed by atoms with Crippen LogP contribution in [0.3, 0.4) is 0 Å². The lowest BCUT2D eigenvalue weighted by Gasteiger charge is -2.27. The Balaban J connectivity index is 0.00000420. The number of alkyl carbamates (subject to hydrolysis) is 1. The molecule has 0 spiro atoms. The summed E-state index contributed by atoms with van der Waals surface area (Å²) < 4.78 is 10.3. The Bertz CT molecular complexity index is 1340. The minimum Gasteiger partial charge on any atom is -0.465 e. The summed E-state index contributed by atoms with van der Waals surface area (Å²) >= 11 is 1.44. The zero-order chi connectivity index (χ0) is 27.4. The van der Waals surface area contributed by atoms with E-state index in [1.165, 1.54) is 24.4 Å². The fourth-order valence-corrected chi connectivity index (χ4v) is 5.15. The number of nitrogens with one attached hydrogen (secondary N) is 1. The highest BCUT2D eigenvalue weighted by Crippen LogP contribution is 2.36. The molecule has 7 nitrogen and oxygen atoms in total. The highest BCUT2D eigenvalue weighted by Gasteiger charge is 2.33. The maximum atomic E-state index is 13.8. The number of ether oxygens (including phenoxy) is 2. The Morgan fingerprint density at radius 1 is 1.03 bits per heavy atom. The first-order chi connectivity index (χ1) is 18.0. The predicted molar refractivity (Wildman–Crippen MR) is 152 cm³/mol. The number of carbonyl (C=O) groups is 3. The third-order valence-corrected chi connectivity index (χ3v) is 7.17. The van der Waals surface area contributed by atoms with Crippen LogP contribution >= 0.6 is 11.8 Å². The lowest BCUT2D eigenvalue weighted by Crippen LogP contribution is -2.50. The number of esters is 1. The standard InChI is InChI=1S/C30H32N2O5S.H2/c1-19-6-10-21(11-7-19)22-12-8-20(9-13-22)17-32-25-16-23(28(34)36-5)14-15-26(25)38-18-24(27(32)33)31-29(35)37-30(2,3)4;/h6-16,24H,17-18H2,1-5H3,(H,31,35);1H/t24-;/m0./s1. The minimum atomic E-state index is -0.810. The maximum absolute atomic E-state index is 13.8. The summed E-state index contributed by atoms with van der Waals surface area (Å²) in [7, 11) is 1.32. The Hall–Kier alpha value is -3.78. The molecule has 1 atom stereocenters. The van der Waals surface area contributed by atoms with Gasteiger partial charge < -0.3 is 19.7 Å². The number of nitrogens with zero attached hydrogens (tertiary/aromatic N) is 1. The molecule has 3 aromatic carbocycles. The van der Waals surface area contributed by atoms with Crippen molar-refractivity contribution in [2.75, 3.05) is 17.8 Å². The van der Waals surface area contributed by atoms with Crippen molar-refractivity contribution in [3.05, 3.63) is 83.4 Å². The molecule has 0 aromatic heterocycles. The lowest BCUT2D eigenvalue weighted by molar-refractivity contribution is -0.120. The summed E-state index contributed by atoms with van der Waals surface area (Å²) in [5.74, 6) is -0.446. The first-order valence-electron chi connectivity index (χ1n) is 12.4. The normalized spacial score (nSPS) is 15.3. The van der Waals surface area contributed by atoms with Crippen LogP contribution in [0.2, 0.25) is 0 Å². The fraction of sp³-hybridized carbons (Fsp3) is 0.300. The van der Waals surface area contributed by atoms with E-state index in [4.69, 9.17) is 9.47 Å². The van der Waals surface area contributed by atoms with E-state index in [9.17, 15) is 14.4 Å². The molecular formula is C30H34N2O5S. The highest BCUT2D eigenvalue weighted by molar-refractivity contribution is 7.99. The van der Waals surface area contributed by atoms with Gasteiger partial charge in [-0.05, 0) is 62.6 Å². The van der Waals surface area contributed by atoms with Crippen LogP contribution in [-0.2, 0) is 20.8 Å². The molecular weight excluding hydrogens is 500 g/mol. The summed E-state index contributed by atoms with van der Waals surface area (Å²) in [5, 5.41) is 2.73. The van der Waals surface area contributed by atoms with Crippen molar-refractivity contribution in [2.45, 2.75) is 50.8 Å². The van der Waals surface area contributed by atoms with Crippen molar-refractivity contribution in [3.8, 4) is 11.1 Å². The quantitative estimate of drug-likeness (QED) is 0.391. The molecule has 3 aromatic rings. The van der Waals surface area contributed by atoms with E-state index in [0.717, 1.165) is 21.6 Å². The molecule has 0 aliphatic carbocycles. The van der Waals surface area contributed by atoms with Crippen molar-refractivity contribution in [1.82, 2.24) is 5.32 Å². The van der Waals surface area contributed by atoms with Crippen molar-refractivity contribution < 1.29 is 25.3 Å². The number of hydrogen-bond donors (Lipinski definition) is 1. The third kappa shape index (κ3) is 6.55. The SMILES string of the molecule is COC(=O)c1ccc2c(c1)N(Cc1ccc(-c3ccc(C)cc3)cc1)C(=O)[C@@H](NC(=O)OC(C)(C)C)CS2.[HH]. The molecule has 0 unspecified atom stereocenters. The van der Waals surface area contributed by atoms with Crippen LogP contribution in [0.15, 0.2) is 71.6 Å². The van der Waals surface area contributed by atoms with Crippen molar-refractivity contribution in [1.29, 1.82) is 0 Å². The Kier molecular flexibility index (Phi) is 8.11. The second kappa shape index (κ2) is 11.3. The van der Waals surface area contributed by atoms with Gasteiger partial charge in [-0.15, -0.1) is 11.8 Å². The summed E-state index contributed by atoms with van der Waals surface area (Å²) in [4.78, 5) is 41.0. The summed E-state index contributed by atoms with van der Waals surface area (Å²) in [5.41, 5.74) is 4.54.